The molecule has 0 aromatic heterocycles. The fraction of sp³-hybridized carbons (Fsp3) is 0.300. The largest absolute Gasteiger partial charge is 0.389 e. The van der Waals surface area contributed by atoms with Crippen LogP contribution in [0.15, 0.2) is 28.7 Å². The average molecular weight is 256 g/mol. The number of hydrogen-bond acceptors (Lipinski definition) is 3. The van der Waals surface area contributed by atoms with E-state index in [9.17, 15) is 10.2 Å². The highest BCUT2D eigenvalue weighted by Gasteiger charge is 2.17. The lowest BCUT2D eigenvalue weighted by molar-refractivity contribution is 0.0216. The molecule has 74 valence electrons. The lowest BCUT2D eigenvalue weighted by Gasteiger charge is -2.15. The zero-order chi connectivity index (χ0) is 10.6. The standard InChI is InChI=1S/C10H10BrNO2/c11-8-3-1-2-7(6-8)10(14)9(13)4-5-12/h1-3,6,9-10,13-14H,4H2. The van der Waals surface area contributed by atoms with E-state index in [1.807, 2.05) is 12.1 Å². The number of benzene rings is 1. The van der Waals surface area contributed by atoms with Gasteiger partial charge in [-0.1, -0.05) is 28.1 Å². The van der Waals surface area contributed by atoms with E-state index in [1.165, 1.54) is 0 Å². The molecule has 1 rings (SSSR count). The van der Waals surface area contributed by atoms with Gasteiger partial charge in [0.25, 0.3) is 0 Å². The quantitative estimate of drug-likeness (QED) is 0.865. The summed E-state index contributed by atoms with van der Waals surface area (Å²) >= 11 is 3.26. The van der Waals surface area contributed by atoms with E-state index in [1.54, 1.807) is 18.2 Å². The van der Waals surface area contributed by atoms with Gasteiger partial charge >= 0.3 is 0 Å². The fourth-order valence-electron chi connectivity index (χ4n) is 1.12. The van der Waals surface area contributed by atoms with Crippen molar-refractivity contribution in [3.63, 3.8) is 0 Å². The molecule has 4 heteroatoms. The van der Waals surface area contributed by atoms with Crippen LogP contribution < -0.4 is 0 Å². The molecule has 1 aromatic carbocycles. The van der Waals surface area contributed by atoms with Crippen molar-refractivity contribution in [1.82, 2.24) is 0 Å². The van der Waals surface area contributed by atoms with Gasteiger partial charge < -0.3 is 10.2 Å². The number of nitriles is 1. The van der Waals surface area contributed by atoms with Crippen LogP contribution >= 0.6 is 15.9 Å². The van der Waals surface area contributed by atoms with Crippen LogP contribution in [-0.2, 0) is 0 Å². The highest BCUT2D eigenvalue weighted by atomic mass is 79.9. The Morgan fingerprint density at radius 3 is 2.71 bits per heavy atom. The van der Waals surface area contributed by atoms with Crippen LogP contribution in [0.2, 0.25) is 0 Å². The summed E-state index contributed by atoms with van der Waals surface area (Å²) in [5, 5.41) is 27.4. The summed E-state index contributed by atoms with van der Waals surface area (Å²) in [4.78, 5) is 0. The van der Waals surface area contributed by atoms with E-state index in [-0.39, 0.29) is 6.42 Å². The van der Waals surface area contributed by atoms with Crippen molar-refractivity contribution < 1.29 is 10.2 Å². The Balaban J connectivity index is 2.79. The van der Waals surface area contributed by atoms with E-state index in [0.717, 1.165) is 4.47 Å². The van der Waals surface area contributed by atoms with Gasteiger partial charge in [-0.2, -0.15) is 5.26 Å². The number of hydrogen-bond donors (Lipinski definition) is 2. The summed E-state index contributed by atoms with van der Waals surface area (Å²) in [5.74, 6) is 0. The third-order valence-electron chi connectivity index (χ3n) is 1.86. The van der Waals surface area contributed by atoms with Crippen molar-refractivity contribution >= 4 is 15.9 Å². The van der Waals surface area contributed by atoms with Crippen LogP contribution in [0.1, 0.15) is 18.1 Å². The molecule has 2 unspecified atom stereocenters. The van der Waals surface area contributed by atoms with Gasteiger partial charge in [-0.05, 0) is 17.7 Å². The molecule has 0 heterocycles. The summed E-state index contributed by atoms with van der Waals surface area (Å²) in [5.41, 5.74) is 0.599. The van der Waals surface area contributed by atoms with E-state index in [4.69, 9.17) is 5.26 Å². The molecule has 0 aliphatic rings. The lowest BCUT2D eigenvalue weighted by atomic mass is 10.0. The summed E-state index contributed by atoms with van der Waals surface area (Å²) in [6, 6.07) is 8.82. The van der Waals surface area contributed by atoms with Gasteiger partial charge in [-0.15, -0.1) is 0 Å². The number of aliphatic hydroxyl groups is 2. The van der Waals surface area contributed by atoms with Gasteiger partial charge in [0, 0.05) is 4.47 Å². The maximum absolute atomic E-state index is 9.62. The van der Waals surface area contributed by atoms with Gasteiger partial charge in [0.15, 0.2) is 0 Å². The molecule has 0 amide bonds. The van der Waals surface area contributed by atoms with Crippen LogP contribution in [0, 0.1) is 11.3 Å². The van der Waals surface area contributed by atoms with Crippen molar-refractivity contribution in [2.45, 2.75) is 18.6 Å². The number of rotatable bonds is 3. The Labute approximate surface area is 90.7 Å². The number of halogens is 1. The minimum atomic E-state index is -1.03. The minimum absolute atomic E-state index is 0.0757. The Kier molecular flexibility index (Phi) is 4.08. The smallest absolute Gasteiger partial charge is 0.106 e. The van der Waals surface area contributed by atoms with Crippen molar-refractivity contribution in [2.75, 3.05) is 0 Å². The van der Waals surface area contributed by atoms with Crippen LogP contribution in [0.4, 0.5) is 0 Å². The molecule has 0 fully saturated rings. The molecule has 2 N–H and O–H groups in total. The van der Waals surface area contributed by atoms with Crippen molar-refractivity contribution in [3.8, 4) is 6.07 Å². The minimum Gasteiger partial charge on any atom is -0.389 e. The molecule has 2 atom stereocenters. The predicted octanol–water partition coefficient (Wildman–Crippen LogP) is 1.76. The third-order valence-corrected chi connectivity index (χ3v) is 2.35. The molecular formula is C10H10BrNO2. The van der Waals surface area contributed by atoms with E-state index < -0.39 is 12.2 Å². The Hall–Kier alpha value is -0.890. The maximum atomic E-state index is 9.62. The molecule has 0 saturated heterocycles. The van der Waals surface area contributed by atoms with Crippen molar-refractivity contribution in [2.24, 2.45) is 0 Å². The van der Waals surface area contributed by atoms with E-state index in [2.05, 4.69) is 15.9 Å². The van der Waals surface area contributed by atoms with Crippen LogP contribution in [0.25, 0.3) is 0 Å². The molecular weight excluding hydrogens is 246 g/mol. The average Bonchev–Trinajstić information content (AvgIpc) is 2.17. The monoisotopic (exact) mass is 255 g/mol. The van der Waals surface area contributed by atoms with E-state index >= 15 is 0 Å². The third kappa shape index (κ3) is 2.81. The molecule has 0 aliphatic carbocycles. The van der Waals surface area contributed by atoms with E-state index in [0.29, 0.717) is 5.56 Å². The van der Waals surface area contributed by atoms with Gasteiger partial charge in [-0.3, -0.25) is 0 Å². The second-order valence-corrected chi connectivity index (χ2v) is 3.85. The second-order valence-electron chi connectivity index (χ2n) is 2.93. The Bertz CT molecular complexity index is 348. The molecule has 0 bridgehead atoms. The first-order valence-electron chi connectivity index (χ1n) is 4.13. The number of aliphatic hydroxyl groups excluding tert-OH is 2. The first-order chi connectivity index (χ1) is 6.65. The number of nitrogens with zero attached hydrogens (tertiary/aromatic N) is 1. The molecule has 14 heavy (non-hydrogen) atoms. The highest BCUT2D eigenvalue weighted by Crippen LogP contribution is 2.21. The molecule has 1 aromatic rings. The predicted molar refractivity (Wildman–Crippen MR) is 55.3 cm³/mol. The summed E-state index contributed by atoms with van der Waals surface area (Å²) in [6.07, 6.45) is -2.12. The van der Waals surface area contributed by atoms with Gasteiger partial charge in [-0.25, -0.2) is 0 Å². The van der Waals surface area contributed by atoms with Gasteiger partial charge in [0.1, 0.15) is 6.10 Å². The fourth-order valence-corrected chi connectivity index (χ4v) is 1.53. The molecule has 0 aliphatic heterocycles. The zero-order valence-electron chi connectivity index (χ0n) is 7.39. The van der Waals surface area contributed by atoms with Crippen LogP contribution in [0.3, 0.4) is 0 Å². The van der Waals surface area contributed by atoms with Crippen molar-refractivity contribution in [3.05, 3.63) is 34.3 Å². The van der Waals surface area contributed by atoms with Crippen molar-refractivity contribution in [1.29, 1.82) is 5.26 Å². The topological polar surface area (TPSA) is 64.2 Å². The maximum Gasteiger partial charge on any atom is 0.106 e. The molecule has 0 saturated carbocycles. The van der Waals surface area contributed by atoms with Gasteiger partial charge in [0.05, 0.1) is 18.6 Å². The molecule has 0 spiro atoms. The SMILES string of the molecule is N#CCC(O)C(O)c1cccc(Br)c1. The first-order valence-corrected chi connectivity index (χ1v) is 4.93. The summed E-state index contributed by atoms with van der Waals surface area (Å²) < 4.78 is 0.832. The van der Waals surface area contributed by atoms with Crippen LogP contribution in [-0.4, -0.2) is 16.3 Å². The Morgan fingerprint density at radius 1 is 1.43 bits per heavy atom. The molecule has 0 radical (unpaired) electrons. The normalized spacial score (nSPS) is 14.4. The first kappa shape index (κ1) is 11.2. The van der Waals surface area contributed by atoms with Gasteiger partial charge in [0.2, 0.25) is 0 Å². The zero-order valence-corrected chi connectivity index (χ0v) is 8.98. The lowest BCUT2D eigenvalue weighted by Crippen LogP contribution is -2.17. The summed E-state index contributed by atoms with van der Waals surface area (Å²) in [6.45, 7) is 0. The highest BCUT2D eigenvalue weighted by molar-refractivity contribution is 9.10. The second kappa shape index (κ2) is 5.11. The van der Waals surface area contributed by atoms with Crippen LogP contribution in [0.5, 0.6) is 0 Å². The molecule has 3 nitrogen and oxygen atoms in total. The Morgan fingerprint density at radius 2 is 2.14 bits per heavy atom. The summed E-state index contributed by atoms with van der Waals surface area (Å²) in [7, 11) is 0.